The highest BCUT2D eigenvalue weighted by Gasteiger charge is 2.20. The van der Waals surface area contributed by atoms with Crippen LogP contribution in [0.25, 0.3) is 0 Å². The Balaban J connectivity index is 2.25. The summed E-state index contributed by atoms with van der Waals surface area (Å²) in [6, 6.07) is 6.94. The van der Waals surface area contributed by atoms with Gasteiger partial charge in [0.05, 0.1) is 5.56 Å². The van der Waals surface area contributed by atoms with Gasteiger partial charge in [-0.25, -0.2) is 0 Å². The maximum Gasteiger partial charge on any atom is 0.269 e. The summed E-state index contributed by atoms with van der Waals surface area (Å²) in [7, 11) is 0. The molecule has 0 aromatic heterocycles. The van der Waals surface area contributed by atoms with E-state index in [2.05, 4.69) is 0 Å². The summed E-state index contributed by atoms with van der Waals surface area (Å²) in [6.07, 6.45) is 2.33. The van der Waals surface area contributed by atoms with Crippen molar-refractivity contribution >= 4 is 11.6 Å². The van der Waals surface area contributed by atoms with Crippen molar-refractivity contribution in [3.05, 3.63) is 41.3 Å². The minimum absolute atomic E-state index is 0.0330. The fourth-order valence-electron chi connectivity index (χ4n) is 1.33. The second-order valence-corrected chi connectivity index (χ2v) is 3.44. The Labute approximate surface area is 97.6 Å². The van der Waals surface area contributed by atoms with E-state index in [-0.39, 0.29) is 6.61 Å². The zero-order valence-electron chi connectivity index (χ0n) is 8.22. The zero-order chi connectivity index (χ0) is 11.4. The molecule has 0 spiro atoms. The summed E-state index contributed by atoms with van der Waals surface area (Å²) in [5, 5.41) is 9.02. The van der Waals surface area contributed by atoms with Gasteiger partial charge in [-0.15, -0.1) is 0 Å². The first kappa shape index (κ1) is 10.7. The molecule has 2 rings (SSSR count). The standard InChI is InChI=1S/C11H8ClNO3/c12-8-1-2-10(14-4-3-13)9(7-8)11-15-5-6-16-11/h1-2,5-7,11H,4H2. The predicted molar refractivity (Wildman–Crippen MR) is 56.6 cm³/mol. The third-order valence-corrected chi connectivity index (χ3v) is 2.21. The minimum atomic E-state index is -0.563. The lowest BCUT2D eigenvalue weighted by Crippen LogP contribution is -2.03. The van der Waals surface area contributed by atoms with Crippen LogP contribution in [0.1, 0.15) is 11.9 Å². The molecule has 0 saturated carbocycles. The van der Waals surface area contributed by atoms with Crippen molar-refractivity contribution in [2.24, 2.45) is 0 Å². The van der Waals surface area contributed by atoms with Gasteiger partial charge in [0.2, 0.25) is 0 Å². The lowest BCUT2D eigenvalue weighted by atomic mass is 10.2. The summed E-state index contributed by atoms with van der Waals surface area (Å²) >= 11 is 5.88. The Morgan fingerprint density at radius 2 is 2.12 bits per heavy atom. The molecule has 5 heteroatoms. The number of nitriles is 1. The predicted octanol–water partition coefficient (Wildman–Crippen LogP) is 2.76. The molecule has 1 aromatic carbocycles. The van der Waals surface area contributed by atoms with Crippen LogP contribution in [0.2, 0.25) is 5.02 Å². The molecule has 1 aliphatic rings. The van der Waals surface area contributed by atoms with Gasteiger partial charge in [0.15, 0.2) is 6.61 Å². The number of nitrogens with zero attached hydrogens (tertiary/aromatic N) is 1. The Morgan fingerprint density at radius 1 is 1.38 bits per heavy atom. The number of halogens is 1. The Morgan fingerprint density at radius 3 is 2.81 bits per heavy atom. The van der Waals surface area contributed by atoms with Crippen LogP contribution in [0.3, 0.4) is 0 Å². The number of ether oxygens (including phenoxy) is 3. The van der Waals surface area contributed by atoms with Gasteiger partial charge in [0.25, 0.3) is 6.29 Å². The van der Waals surface area contributed by atoms with E-state index in [1.807, 2.05) is 6.07 Å². The number of hydrogen-bond acceptors (Lipinski definition) is 4. The van der Waals surface area contributed by atoms with E-state index in [4.69, 9.17) is 31.1 Å². The molecule has 0 amide bonds. The van der Waals surface area contributed by atoms with E-state index in [1.165, 1.54) is 12.5 Å². The second-order valence-electron chi connectivity index (χ2n) is 3.01. The van der Waals surface area contributed by atoms with Gasteiger partial charge >= 0.3 is 0 Å². The van der Waals surface area contributed by atoms with Crippen molar-refractivity contribution < 1.29 is 14.2 Å². The summed E-state index contributed by atoms with van der Waals surface area (Å²) in [5.74, 6) is 0.527. The highest BCUT2D eigenvalue weighted by atomic mass is 35.5. The fraction of sp³-hybridized carbons (Fsp3) is 0.182. The third kappa shape index (κ3) is 2.20. The molecule has 0 saturated heterocycles. The van der Waals surface area contributed by atoms with Crippen molar-refractivity contribution in [1.82, 2.24) is 0 Å². The molecule has 4 nitrogen and oxygen atoms in total. The third-order valence-electron chi connectivity index (χ3n) is 1.98. The smallest absolute Gasteiger partial charge is 0.269 e. The SMILES string of the molecule is N#CCOc1ccc(Cl)cc1C1OC=CO1. The highest BCUT2D eigenvalue weighted by molar-refractivity contribution is 6.30. The van der Waals surface area contributed by atoms with Crippen LogP contribution in [-0.2, 0) is 9.47 Å². The van der Waals surface area contributed by atoms with Crippen molar-refractivity contribution in [2.75, 3.05) is 6.61 Å². The van der Waals surface area contributed by atoms with E-state index in [0.29, 0.717) is 16.3 Å². The largest absolute Gasteiger partial charge is 0.478 e. The summed E-state index contributed by atoms with van der Waals surface area (Å²) in [5.41, 5.74) is 0.660. The average molecular weight is 238 g/mol. The topological polar surface area (TPSA) is 51.5 Å². The Hall–Kier alpha value is -1.86. The first-order chi connectivity index (χ1) is 7.81. The molecular formula is C11H8ClNO3. The minimum Gasteiger partial charge on any atom is -0.478 e. The van der Waals surface area contributed by atoms with Crippen LogP contribution >= 0.6 is 11.6 Å². The van der Waals surface area contributed by atoms with E-state index in [0.717, 1.165) is 0 Å². The Bertz CT molecular complexity index is 445. The molecule has 16 heavy (non-hydrogen) atoms. The van der Waals surface area contributed by atoms with E-state index in [1.54, 1.807) is 18.2 Å². The van der Waals surface area contributed by atoms with Crippen LogP contribution in [0.5, 0.6) is 5.75 Å². The lowest BCUT2D eigenvalue weighted by Gasteiger charge is -2.14. The number of rotatable bonds is 3. The highest BCUT2D eigenvalue weighted by Crippen LogP contribution is 2.33. The number of benzene rings is 1. The molecule has 0 unspecified atom stereocenters. The first-order valence-corrected chi connectivity index (χ1v) is 4.94. The van der Waals surface area contributed by atoms with Crippen molar-refractivity contribution in [1.29, 1.82) is 5.26 Å². The molecule has 0 bridgehead atoms. The van der Waals surface area contributed by atoms with Crippen LogP contribution < -0.4 is 4.74 Å². The molecule has 0 fully saturated rings. The van der Waals surface area contributed by atoms with Crippen LogP contribution in [0.4, 0.5) is 0 Å². The van der Waals surface area contributed by atoms with Gasteiger partial charge in [-0.05, 0) is 18.2 Å². The average Bonchev–Trinajstić information content (AvgIpc) is 2.80. The first-order valence-electron chi connectivity index (χ1n) is 4.56. The molecular weight excluding hydrogens is 230 g/mol. The van der Waals surface area contributed by atoms with Crippen molar-refractivity contribution in [3.63, 3.8) is 0 Å². The molecule has 1 heterocycles. The van der Waals surface area contributed by atoms with Gasteiger partial charge in [0.1, 0.15) is 24.3 Å². The molecule has 0 N–H and O–H groups in total. The Kier molecular flexibility index (Phi) is 3.18. The maximum absolute atomic E-state index is 8.46. The summed E-state index contributed by atoms with van der Waals surface area (Å²) < 4.78 is 15.6. The van der Waals surface area contributed by atoms with Crippen molar-refractivity contribution in [2.45, 2.75) is 6.29 Å². The van der Waals surface area contributed by atoms with E-state index >= 15 is 0 Å². The normalized spacial score (nSPS) is 14.0. The zero-order valence-corrected chi connectivity index (χ0v) is 8.98. The second kappa shape index (κ2) is 4.77. The van der Waals surface area contributed by atoms with Crippen LogP contribution in [-0.4, -0.2) is 6.61 Å². The fourth-order valence-corrected chi connectivity index (χ4v) is 1.51. The van der Waals surface area contributed by atoms with Gasteiger partial charge in [-0.1, -0.05) is 11.6 Å². The molecule has 1 aliphatic heterocycles. The monoisotopic (exact) mass is 237 g/mol. The van der Waals surface area contributed by atoms with Crippen LogP contribution in [0.15, 0.2) is 30.7 Å². The number of hydrogen-bond donors (Lipinski definition) is 0. The molecule has 0 radical (unpaired) electrons. The van der Waals surface area contributed by atoms with Gasteiger partial charge in [0, 0.05) is 5.02 Å². The summed E-state index contributed by atoms with van der Waals surface area (Å²) in [6.45, 7) is -0.0330. The molecule has 0 aliphatic carbocycles. The molecule has 0 atom stereocenters. The summed E-state index contributed by atoms with van der Waals surface area (Å²) in [4.78, 5) is 0. The van der Waals surface area contributed by atoms with Gasteiger partial charge in [-0.3, -0.25) is 0 Å². The quantitative estimate of drug-likeness (QED) is 0.811. The van der Waals surface area contributed by atoms with Gasteiger partial charge in [-0.2, -0.15) is 5.26 Å². The van der Waals surface area contributed by atoms with E-state index in [9.17, 15) is 0 Å². The van der Waals surface area contributed by atoms with Gasteiger partial charge < -0.3 is 14.2 Å². The molecule has 82 valence electrons. The molecule has 1 aromatic rings. The maximum atomic E-state index is 8.46. The lowest BCUT2D eigenvalue weighted by molar-refractivity contribution is -0.0262. The van der Waals surface area contributed by atoms with Crippen LogP contribution in [0, 0.1) is 11.3 Å². The van der Waals surface area contributed by atoms with Crippen molar-refractivity contribution in [3.8, 4) is 11.8 Å². The van der Waals surface area contributed by atoms with E-state index < -0.39 is 6.29 Å².